The number of nitrogens with zero attached hydrogens (tertiary/aromatic N) is 2. The summed E-state index contributed by atoms with van der Waals surface area (Å²) in [6.45, 7) is 4.08. The summed E-state index contributed by atoms with van der Waals surface area (Å²) in [5, 5.41) is 12.9. The highest BCUT2D eigenvalue weighted by atomic mass is 19.1. The number of nitrogens with one attached hydrogen (secondary N) is 1. The highest BCUT2D eigenvalue weighted by Gasteiger charge is 2.41. The van der Waals surface area contributed by atoms with Crippen molar-refractivity contribution in [1.82, 2.24) is 9.88 Å². The average Bonchev–Trinajstić information content (AvgIpc) is 3.61. The number of pyridine rings is 1. The first kappa shape index (κ1) is 19.5. The number of aryl methyl sites for hydroxylation is 1. The number of alkyl halides is 1. The van der Waals surface area contributed by atoms with Crippen molar-refractivity contribution >= 4 is 22.6 Å². The Morgan fingerprint density at radius 1 is 1.33 bits per heavy atom. The van der Waals surface area contributed by atoms with Gasteiger partial charge in [0.1, 0.15) is 17.6 Å². The van der Waals surface area contributed by atoms with E-state index in [1.807, 2.05) is 4.90 Å². The number of carboxylic acid groups (broad SMARTS) is 1. The van der Waals surface area contributed by atoms with Crippen molar-refractivity contribution in [2.45, 2.75) is 50.9 Å². The molecule has 3 aliphatic rings. The smallest absolute Gasteiger partial charge is 0.341 e. The topological polar surface area (TPSA) is 74.6 Å². The first-order valence-corrected chi connectivity index (χ1v) is 10.6. The predicted octanol–water partition coefficient (Wildman–Crippen LogP) is 3.01. The van der Waals surface area contributed by atoms with Crippen molar-refractivity contribution in [2.75, 3.05) is 24.5 Å². The van der Waals surface area contributed by atoms with Gasteiger partial charge in [-0.2, -0.15) is 0 Å². The Balaban J connectivity index is 1.58. The summed E-state index contributed by atoms with van der Waals surface area (Å²) in [5.41, 5.74) is 0.246. The summed E-state index contributed by atoms with van der Waals surface area (Å²) in [6, 6.07) is 1.24. The molecule has 0 radical (unpaired) electrons. The molecule has 2 saturated carbocycles. The van der Waals surface area contributed by atoms with E-state index < -0.39 is 35.0 Å². The van der Waals surface area contributed by atoms with E-state index >= 15 is 4.39 Å². The van der Waals surface area contributed by atoms with Crippen LogP contribution in [-0.4, -0.2) is 47.5 Å². The molecule has 0 amide bonds. The SMILES string of the molecule is Cc1c(N2CCC(CNC3CC3)C2)c(F)cc2c(=O)c(C(=O)O)cn([C@@H]3C[C@@H]3F)c12. The molecule has 1 aliphatic heterocycles. The van der Waals surface area contributed by atoms with Gasteiger partial charge in [0.15, 0.2) is 0 Å². The summed E-state index contributed by atoms with van der Waals surface area (Å²) < 4.78 is 30.6. The standard InChI is InChI=1S/C22H25F2N3O3/c1-11-19-14(21(28)15(22(29)30)10-27(19)18-7-16(18)23)6-17(24)20(11)26-5-4-12(9-26)8-25-13-2-3-13/h6,10,12-13,16,18,25H,2-5,7-9H2,1H3,(H,29,30)/t12?,16-,18+/m0/s1. The molecule has 2 heterocycles. The number of aromatic nitrogens is 1. The number of carbonyl (C=O) groups is 1. The molecule has 3 fully saturated rings. The summed E-state index contributed by atoms with van der Waals surface area (Å²) >= 11 is 0. The van der Waals surface area contributed by atoms with Gasteiger partial charge in [0.2, 0.25) is 5.43 Å². The molecular formula is C22H25F2N3O3. The molecule has 1 unspecified atom stereocenters. The Bertz CT molecular complexity index is 1100. The first-order valence-electron chi connectivity index (χ1n) is 10.6. The molecular weight excluding hydrogens is 392 g/mol. The minimum atomic E-state index is -1.39. The highest BCUT2D eigenvalue weighted by Crippen LogP contribution is 2.43. The van der Waals surface area contributed by atoms with Gasteiger partial charge in [0.05, 0.1) is 17.2 Å². The third-order valence-electron chi connectivity index (χ3n) is 6.62. The summed E-state index contributed by atoms with van der Waals surface area (Å²) in [7, 11) is 0. The lowest BCUT2D eigenvalue weighted by atomic mass is 10.0. The van der Waals surface area contributed by atoms with E-state index in [2.05, 4.69) is 5.32 Å². The van der Waals surface area contributed by atoms with Crippen molar-refractivity contribution < 1.29 is 18.7 Å². The number of hydrogen-bond donors (Lipinski definition) is 2. The maximum atomic E-state index is 15.2. The van der Waals surface area contributed by atoms with Gasteiger partial charge in [-0.3, -0.25) is 4.79 Å². The number of carboxylic acids is 1. The number of hydrogen-bond acceptors (Lipinski definition) is 4. The van der Waals surface area contributed by atoms with Crippen LogP contribution in [0.1, 0.15) is 47.6 Å². The number of aromatic carboxylic acids is 1. The summed E-state index contributed by atoms with van der Waals surface area (Å²) in [4.78, 5) is 26.2. The summed E-state index contributed by atoms with van der Waals surface area (Å²) in [5.74, 6) is -1.50. The molecule has 2 N–H and O–H groups in total. The van der Waals surface area contributed by atoms with E-state index in [9.17, 15) is 19.1 Å². The van der Waals surface area contributed by atoms with Crippen LogP contribution in [0.3, 0.4) is 0 Å². The van der Waals surface area contributed by atoms with Crippen LogP contribution in [0.25, 0.3) is 10.9 Å². The minimum absolute atomic E-state index is 0.00102. The molecule has 0 spiro atoms. The highest BCUT2D eigenvalue weighted by molar-refractivity contribution is 5.95. The van der Waals surface area contributed by atoms with Crippen LogP contribution in [0.4, 0.5) is 14.5 Å². The van der Waals surface area contributed by atoms with Crippen molar-refractivity contribution in [2.24, 2.45) is 5.92 Å². The van der Waals surface area contributed by atoms with Gasteiger partial charge >= 0.3 is 5.97 Å². The lowest BCUT2D eigenvalue weighted by Crippen LogP contribution is -2.28. The van der Waals surface area contributed by atoms with Gasteiger partial charge in [-0.1, -0.05) is 0 Å². The van der Waals surface area contributed by atoms with Crippen LogP contribution in [-0.2, 0) is 0 Å². The maximum absolute atomic E-state index is 15.2. The van der Waals surface area contributed by atoms with Crippen molar-refractivity contribution in [3.8, 4) is 0 Å². The predicted molar refractivity (Wildman–Crippen MR) is 110 cm³/mol. The second-order valence-electron chi connectivity index (χ2n) is 8.91. The zero-order valence-electron chi connectivity index (χ0n) is 16.8. The third-order valence-corrected chi connectivity index (χ3v) is 6.62. The maximum Gasteiger partial charge on any atom is 0.341 e. The molecule has 1 saturated heterocycles. The van der Waals surface area contributed by atoms with E-state index in [4.69, 9.17) is 0 Å². The van der Waals surface area contributed by atoms with Crippen LogP contribution in [0, 0.1) is 18.7 Å². The fourth-order valence-electron chi connectivity index (χ4n) is 4.74. The second-order valence-corrected chi connectivity index (χ2v) is 8.91. The molecule has 8 heteroatoms. The summed E-state index contributed by atoms with van der Waals surface area (Å²) in [6.07, 6.45) is 3.80. The molecule has 6 nitrogen and oxygen atoms in total. The number of halogens is 2. The lowest BCUT2D eigenvalue weighted by molar-refractivity contribution is 0.0694. The molecule has 1 aromatic carbocycles. The Kier molecular flexibility index (Phi) is 4.57. The average molecular weight is 417 g/mol. The van der Waals surface area contributed by atoms with Crippen LogP contribution in [0.15, 0.2) is 17.1 Å². The van der Waals surface area contributed by atoms with Gasteiger partial charge in [-0.05, 0) is 50.3 Å². The Labute approximate surface area is 172 Å². The Morgan fingerprint density at radius 2 is 2.07 bits per heavy atom. The minimum Gasteiger partial charge on any atom is -0.477 e. The molecule has 30 heavy (non-hydrogen) atoms. The van der Waals surface area contributed by atoms with Crippen molar-refractivity contribution in [3.63, 3.8) is 0 Å². The largest absolute Gasteiger partial charge is 0.477 e. The molecule has 2 aliphatic carbocycles. The number of anilines is 1. The zero-order valence-corrected chi connectivity index (χ0v) is 16.8. The van der Waals surface area contributed by atoms with Crippen LogP contribution < -0.4 is 15.6 Å². The van der Waals surface area contributed by atoms with Crippen LogP contribution >= 0.6 is 0 Å². The number of rotatable bonds is 6. The molecule has 160 valence electrons. The van der Waals surface area contributed by atoms with Gasteiger partial charge < -0.3 is 19.9 Å². The fourth-order valence-corrected chi connectivity index (χ4v) is 4.74. The molecule has 2 aromatic rings. The van der Waals surface area contributed by atoms with E-state index in [0.29, 0.717) is 35.3 Å². The van der Waals surface area contributed by atoms with Crippen molar-refractivity contribution in [3.05, 3.63) is 39.4 Å². The fraction of sp³-hybridized carbons (Fsp3) is 0.545. The van der Waals surface area contributed by atoms with E-state index in [1.165, 1.54) is 23.6 Å². The molecule has 5 rings (SSSR count). The lowest BCUT2D eigenvalue weighted by Gasteiger charge is -2.24. The van der Waals surface area contributed by atoms with Crippen molar-refractivity contribution in [1.29, 1.82) is 0 Å². The molecule has 0 bridgehead atoms. The van der Waals surface area contributed by atoms with Gasteiger partial charge in [-0.15, -0.1) is 0 Å². The first-order chi connectivity index (χ1) is 14.3. The van der Waals surface area contributed by atoms with E-state index in [-0.39, 0.29) is 11.8 Å². The van der Waals surface area contributed by atoms with Crippen LogP contribution in [0.2, 0.25) is 0 Å². The van der Waals surface area contributed by atoms with E-state index in [0.717, 1.165) is 25.6 Å². The Hall–Kier alpha value is -2.48. The van der Waals surface area contributed by atoms with Gasteiger partial charge in [-0.25, -0.2) is 13.6 Å². The third kappa shape index (κ3) is 3.27. The zero-order chi connectivity index (χ0) is 21.2. The van der Waals surface area contributed by atoms with Gasteiger partial charge in [0, 0.05) is 37.1 Å². The van der Waals surface area contributed by atoms with Gasteiger partial charge in [0.25, 0.3) is 0 Å². The molecule has 3 atom stereocenters. The molecule has 1 aromatic heterocycles. The normalized spacial score (nSPS) is 25.8. The Morgan fingerprint density at radius 3 is 2.70 bits per heavy atom. The quantitative estimate of drug-likeness (QED) is 0.756. The number of fused-ring (bicyclic) bond motifs is 1. The van der Waals surface area contributed by atoms with Crippen LogP contribution in [0.5, 0.6) is 0 Å². The van der Waals surface area contributed by atoms with E-state index in [1.54, 1.807) is 6.92 Å². The number of benzene rings is 1. The monoisotopic (exact) mass is 417 g/mol. The second kappa shape index (κ2) is 7.04.